The number of aliphatic imine (C=N–C) groups is 2. The van der Waals surface area contributed by atoms with Gasteiger partial charge in [-0.3, -0.25) is 20.0 Å². The maximum absolute atomic E-state index is 4.71. The first-order chi connectivity index (χ1) is 20.3. The second-order valence-electron chi connectivity index (χ2n) is 10.6. The zero-order valence-electron chi connectivity index (χ0n) is 27.4. The molecule has 4 aromatic rings. The molecule has 0 atom stereocenters. The average molecular weight is 561 g/mol. The number of fused-ring (bicyclic) bond motifs is 2. The van der Waals surface area contributed by atoms with Crippen LogP contribution < -0.4 is 0 Å². The van der Waals surface area contributed by atoms with E-state index in [1.165, 1.54) is 44.8 Å². The molecule has 0 bridgehead atoms. The predicted molar refractivity (Wildman–Crippen MR) is 181 cm³/mol. The van der Waals surface area contributed by atoms with E-state index in [4.69, 9.17) is 9.98 Å². The van der Waals surface area contributed by atoms with Gasteiger partial charge in [0.25, 0.3) is 0 Å². The lowest BCUT2D eigenvalue weighted by molar-refractivity contribution is 0.997. The summed E-state index contributed by atoms with van der Waals surface area (Å²) < 4.78 is 0. The fourth-order valence-electron chi connectivity index (χ4n) is 5.36. The van der Waals surface area contributed by atoms with Gasteiger partial charge >= 0.3 is 0 Å². The molecule has 220 valence electrons. The maximum Gasteiger partial charge on any atom is 0.0665 e. The van der Waals surface area contributed by atoms with E-state index in [1.54, 1.807) is 0 Å². The van der Waals surface area contributed by atoms with E-state index in [-0.39, 0.29) is 0 Å². The molecule has 0 unspecified atom stereocenters. The lowest BCUT2D eigenvalue weighted by atomic mass is 9.96. The highest BCUT2D eigenvalue weighted by atomic mass is 14.8. The fraction of sp³-hybridized carbons (Fsp3) is 0.368. The van der Waals surface area contributed by atoms with Gasteiger partial charge in [-0.15, -0.1) is 0 Å². The number of pyridine rings is 2. The van der Waals surface area contributed by atoms with E-state index in [2.05, 4.69) is 100 Å². The Bertz CT molecular complexity index is 1460. The second kappa shape index (κ2) is 15.3. The van der Waals surface area contributed by atoms with Crippen molar-refractivity contribution in [2.24, 2.45) is 9.98 Å². The Hall–Kier alpha value is -3.92. The van der Waals surface area contributed by atoms with Crippen molar-refractivity contribution in [3.63, 3.8) is 0 Å². The number of rotatable bonds is 4. The third-order valence-corrected chi connectivity index (χ3v) is 7.62. The Balaban J connectivity index is 0.000000206. The molecule has 0 aliphatic carbocycles. The van der Waals surface area contributed by atoms with Crippen molar-refractivity contribution in [1.29, 1.82) is 0 Å². The summed E-state index contributed by atoms with van der Waals surface area (Å²) in [7, 11) is 0. The molecule has 2 aromatic heterocycles. The number of benzene rings is 2. The minimum atomic E-state index is 0.906. The molecular formula is C38H48N4. The normalized spacial score (nSPS) is 12.3. The van der Waals surface area contributed by atoms with Gasteiger partial charge in [0, 0.05) is 53.5 Å². The molecule has 4 heterocycles. The zero-order chi connectivity index (χ0) is 30.8. The number of hydrogen-bond donors (Lipinski definition) is 0. The molecule has 2 aliphatic heterocycles. The van der Waals surface area contributed by atoms with Gasteiger partial charge in [-0.25, -0.2) is 0 Å². The SMILES string of the molecule is CC.CC.Cc1cc(Cc2cc(C)nc(C)c2C)c(C)c(C)n1.c1ccc2c(c1)CC(CC1=Nc3ccccc3C1)=N2. The Morgan fingerprint density at radius 2 is 0.905 bits per heavy atom. The number of aryl methyl sites for hydroxylation is 4. The largest absolute Gasteiger partial charge is 0.258 e. The smallest absolute Gasteiger partial charge is 0.0665 e. The zero-order valence-corrected chi connectivity index (χ0v) is 27.4. The van der Waals surface area contributed by atoms with Crippen LogP contribution in [0, 0.1) is 41.5 Å². The molecule has 4 heteroatoms. The molecule has 0 fully saturated rings. The first kappa shape index (κ1) is 32.6. The van der Waals surface area contributed by atoms with Crippen molar-refractivity contribution >= 4 is 22.8 Å². The minimum Gasteiger partial charge on any atom is -0.258 e. The molecular weight excluding hydrogens is 512 g/mol. The number of aromatic nitrogens is 2. The molecule has 6 rings (SSSR count). The molecule has 2 aromatic carbocycles. The summed E-state index contributed by atoms with van der Waals surface area (Å²) in [5.41, 5.74) is 17.2. The van der Waals surface area contributed by atoms with Crippen LogP contribution in [-0.4, -0.2) is 21.4 Å². The van der Waals surface area contributed by atoms with Gasteiger partial charge in [-0.05, 0) is 106 Å². The van der Waals surface area contributed by atoms with E-state index in [9.17, 15) is 0 Å². The third-order valence-electron chi connectivity index (χ3n) is 7.62. The Kier molecular flexibility index (Phi) is 11.9. The van der Waals surface area contributed by atoms with E-state index in [0.29, 0.717) is 0 Å². The summed E-state index contributed by atoms with van der Waals surface area (Å²) in [6.45, 7) is 20.6. The highest BCUT2D eigenvalue weighted by Crippen LogP contribution is 2.31. The van der Waals surface area contributed by atoms with Crippen LogP contribution in [0.3, 0.4) is 0 Å². The number of para-hydroxylation sites is 2. The molecule has 2 aliphatic rings. The van der Waals surface area contributed by atoms with Gasteiger partial charge in [-0.2, -0.15) is 0 Å². The van der Waals surface area contributed by atoms with Crippen molar-refractivity contribution in [2.45, 2.75) is 94.9 Å². The minimum absolute atomic E-state index is 0.906. The molecule has 42 heavy (non-hydrogen) atoms. The summed E-state index contributed by atoms with van der Waals surface area (Å²) in [4.78, 5) is 18.5. The van der Waals surface area contributed by atoms with Gasteiger partial charge in [0.2, 0.25) is 0 Å². The van der Waals surface area contributed by atoms with E-state index in [0.717, 1.165) is 59.8 Å². The average Bonchev–Trinajstić information content (AvgIpc) is 3.59. The van der Waals surface area contributed by atoms with Gasteiger partial charge in [-0.1, -0.05) is 64.1 Å². The first-order valence-corrected chi connectivity index (χ1v) is 15.4. The lowest BCUT2D eigenvalue weighted by Crippen LogP contribution is -2.07. The highest BCUT2D eigenvalue weighted by molar-refractivity contribution is 6.10. The van der Waals surface area contributed by atoms with Crippen LogP contribution in [0.1, 0.15) is 90.3 Å². The summed E-state index contributed by atoms with van der Waals surface area (Å²) in [6, 6.07) is 21.2. The second-order valence-corrected chi connectivity index (χ2v) is 10.6. The van der Waals surface area contributed by atoms with Gasteiger partial charge in [0.05, 0.1) is 11.4 Å². The van der Waals surface area contributed by atoms with Crippen LogP contribution in [0.2, 0.25) is 0 Å². The summed E-state index contributed by atoms with van der Waals surface area (Å²) in [5.74, 6) is 0. The molecule has 0 radical (unpaired) electrons. The maximum atomic E-state index is 4.71. The van der Waals surface area contributed by atoms with E-state index in [1.807, 2.05) is 39.8 Å². The summed E-state index contributed by atoms with van der Waals surface area (Å²) in [6.07, 6.45) is 3.83. The van der Waals surface area contributed by atoms with Crippen molar-refractivity contribution in [3.05, 3.63) is 117 Å². The van der Waals surface area contributed by atoms with Crippen molar-refractivity contribution in [1.82, 2.24) is 9.97 Å². The number of nitrogens with zero attached hydrogens (tertiary/aromatic N) is 4. The lowest BCUT2D eigenvalue weighted by Gasteiger charge is -2.13. The van der Waals surface area contributed by atoms with Crippen molar-refractivity contribution in [3.8, 4) is 0 Å². The molecule has 0 saturated carbocycles. The van der Waals surface area contributed by atoms with Crippen LogP contribution in [0.25, 0.3) is 0 Å². The molecule has 4 nitrogen and oxygen atoms in total. The molecule has 0 spiro atoms. The van der Waals surface area contributed by atoms with Crippen molar-refractivity contribution < 1.29 is 0 Å². The monoisotopic (exact) mass is 560 g/mol. The van der Waals surface area contributed by atoms with Crippen LogP contribution >= 0.6 is 0 Å². The topological polar surface area (TPSA) is 50.5 Å². The summed E-state index contributed by atoms with van der Waals surface area (Å²) in [5, 5.41) is 0. The first-order valence-electron chi connectivity index (χ1n) is 15.4. The van der Waals surface area contributed by atoms with E-state index < -0.39 is 0 Å². The molecule has 0 saturated heterocycles. The van der Waals surface area contributed by atoms with Crippen LogP contribution in [0.5, 0.6) is 0 Å². The highest BCUT2D eigenvalue weighted by Gasteiger charge is 2.19. The van der Waals surface area contributed by atoms with Crippen LogP contribution in [0.4, 0.5) is 11.4 Å². The Labute approximate surface area is 254 Å². The van der Waals surface area contributed by atoms with Crippen molar-refractivity contribution in [2.75, 3.05) is 0 Å². The van der Waals surface area contributed by atoms with E-state index >= 15 is 0 Å². The Morgan fingerprint density at radius 3 is 1.29 bits per heavy atom. The van der Waals surface area contributed by atoms with Gasteiger partial charge in [0.1, 0.15) is 0 Å². The standard InChI is InChI=1S/C17H14N2.C17H22N2.2C2H6/c1-3-7-16-12(5-1)9-14(18-16)11-15-10-13-6-2-4-8-17(13)19-15;1-10-7-16(12(3)14(5)18-10)9-17-8-11(2)19-15(6)13(17)4;2*1-2/h1-8H,9-11H2;7-8H,9H2,1-6H3;2*1-2H3. The van der Waals surface area contributed by atoms with Gasteiger partial charge in [0.15, 0.2) is 0 Å². The summed E-state index contributed by atoms with van der Waals surface area (Å²) >= 11 is 0. The van der Waals surface area contributed by atoms with Crippen LogP contribution in [0.15, 0.2) is 70.6 Å². The van der Waals surface area contributed by atoms with Gasteiger partial charge < -0.3 is 0 Å². The molecule has 0 N–H and O–H groups in total. The van der Waals surface area contributed by atoms with Crippen LogP contribution in [-0.2, 0) is 19.3 Å². The predicted octanol–water partition coefficient (Wildman–Crippen LogP) is 10.0. The third kappa shape index (κ3) is 8.09. The number of hydrogen-bond acceptors (Lipinski definition) is 4. The quantitative estimate of drug-likeness (QED) is 0.249. The Morgan fingerprint density at radius 1 is 0.524 bits per heavy atom. The molecule has 0 amide bonds. The fourth-order valence-corrected chi connectivity index (χ4v) is 5.36.